The van der Waals surface area contributed by atoms with Crippen LogP contribution in [0.4, 0.5) is 0 Å². The van der Waals surface area contributed by atoms with Gasteiger partial charge in [-0.1, -0.05) is 30.3 Å². The predicted molar refractivity (Wildman–Crippen MR) is 106 cm³/mol. The van der Waals surface area contributed by atoms with Crippen molar-refractivity contribution in [3.05, 3.63) is 59.2 Å². The summed E-state index contributed by atoms with van der Waals surface area (Å²) in [5, 5.41) is 3.19. The summed E-state index contributed by atoms with van der Waals surface area (Å²) in [7, 11) is 7.35. The molecule has 0 aliphatic carbocycles. The molecular weight excluding hydrogens is 328 g/mol. The number of ether oxygens (including phenoxy) is 2. The van der Waals surface area contributed by atoms with Crippen LogP contribution in [0.3, 0.4) is 0 Å². The van der Waals surface area contributed by atoms with Crippen LogP contribution in [0.25, 0.3) is 0 Å². The SMILES string of the molecule is COc1ccc(CN=C(N)NCc2ccccc2CN(C)C)cc1OC. The van der Waals surface area contributed by atoms with Gasteiger partial charge in [-0.3, -0.25) is 0 Å². The third-order valence-electron chi connectivity index (χ3n) is 3.94. The third kappa shape index (κ3) is 5.67. The molecule has 6 heteroatoms. The molecule has 0 aliphatic rings. The van der Waals surface area contributed by atoms with E-state index >= 15 is 0 Å². The van der Waals surface area contributed by atoms with Crippen molar-refractivity contribution in [1.82, 2.24) is 10.2 Å². The van der Waals surface area contributed by atoms with E-state index < -0.39 is 0 Å². The molecule has 0 saturated heterocycles. The van der Waals surface area contributed by atoms with Crippen molar-refractivity contribution in [2.45, 2.75) is 19.6 Å². The van der Waals surface area contributed by atoms with Crippen molar-refractivity contribution in [3.63, 3.8) is 0 Å². The molecule has 6 nitrogen and oxygen atoms in total. The average Bonchev–Trinajstić information content (AvgIpc) is 2.64. The van der Waals surface area contributed by atoms with Crippen molar-refractivity contribution in [2.24, 2.45) is 10.7 Å². The second-order valence-corrected chi connectivity index (χ2v) is 6.25. The minimum atomic E-state index is 0.416. The van der Waals surface area contributed by atoms with Crippen LogP contribution in [0.1, 0.15) is 16.7 Å². The molecule has 140 valence electrons. The third-order valence-corrected chi connectivity index (χ3v) is 3.94. The molecular formula is C20H28N4O2. The largest absolute Gasteiger partial charge is 0.493 e. The van der Waals surface area contributed by atoms with Gasteiger partial charge in [-0.15, -0.1) is 0 Å². The van der Waals surface area contributed by atoms with Gasteiger partial charge in [0.2, 0.25) is 0 Å². The maximum atomic E-state index is 6.02. The number of nitrogens with zero attached hydrogens (tertiary/aromatic N) is 2. The van der Waals surface area contributed by atoms with Crippen LogP contribution < -0.4 is 20.5 Å². The summed E-state index contributed by atoms with van der Waals surface area (Å²) in [5.74, 6) is 1.80. The molecule has 0 saturated carbocycles. The van der Waals surface area contributed by atoms with E-state index in [0.717, 1.165) is 12.1 Å². The summed E-state index contributed by atoms with van der Waals surface area (Å²) in [4.78, 5) is 6.55. The zero-order valence-corrected chi connectivity index (χ0v) is 16.0. The topological polar surface area (TPSA) is 72.1 Å². The van der Waals surface area contributed by atoms with Crippen molar-refractivity contribution < 1.29 is 9.47 Å². The summed E-state index contributed by atoms with van der Waals surface area (Å²) in [6.07, 6.45) is 0. The van der Waals surface area contributed by atoms with Gasteiger partial charge < -0.3 is 25.4 Å². The Morgan fingerprint density at radius 2 is 1.73 bits per heavy atom. The van der Waals surface area contributed by atoms with Crippen LogP contribution >= 0.6 is 0 Å². The molecule has 0 aromatic heterocycles. The molecule has 2 rings (SSSR count). The first-order chi connectivity index (χ1) is 12.5. The molecule has 0 atom stereocenters. The highest BCUT2D eigenvalue weighted by molar-refractivity contribution is 5.77. The highest BCUT2D eigenvalue weighted by atomic mass is 16.5. The van der Waals surface area contributed by atoms with Gasteiger partial charge in [0.15, 0.2) is 17.5 Å². The van der Waals surface area contributed by atoms with E-state index in [1.807, 2.05) is 24.3 Å². The number of nitrogens with two attached hydrogens (primary N) is 1. The van der Waals surface area contributed by atoms with Crippen LogP contribution in [0, 0.1) is 0 Å². The van der Waals surface area contributed by atoms with Crippen molar-refractivity contribution in [3.8, 4) is 11.5 Å². The number of aliphatic imine (C=N–C) groups is 1. The number of guanidine groups is 1. The molecule has 0 bridgehead atoms. The van der Waals surface area contributed by atoms with Gasteiger partial charge in [-0.05, 0) is 42.9 Å². The number of nitrogens with one attached hydrogen (secondary N) is 1. The Bertz CT molecular complexity index is 744. The Hall–Kier alpha value is -2.73. The van der Waals surface area contributed by atoms with Gasteiger partial charge in [-0.25, -0.2) is 4.99 Å². The Labute approximate surface area is 155 Å². The summed E-state index contributed by atoms with van der Waals surface area (Å²) < 4.78 is 10.6. The average molecular weight is 356 g/mol. The second kappa shape index (κ2) is 9.68. The summed E-state index contributed by atoms with van der Waals surface area (Å²) in [6.45, 7) is 2.00. The number of benzene rings is 2. The van der Waals surface area contributed by atoms with Crippen LogP contribution in [-0.2, 0) is 19.6 Å². The van der Waals surface area contributed by atoms with E-state index in [-0.39, 0.29) is 0 Å². The molecule has 0 spiro atoms. The first-order valence-corrected chi connectivity index (χ1v) is 8.49. The van der Waals surface area contributed by atoms with Gasteiger partial charge in [-0.2, -0.15) is 0 Å². The molecule has 0 aliphatic heterocycles. The molecule has 2 aromatic carbocycles. The van der Waals surface area contributed by atoms with E-state index in [0.29, 0.717) is 30.5 Å². The monoisotopic (exact) mass is 356 g/mol. The van der Waals surface area contributed by atoms with Crippen molar-refractivity contribution >= 4 is 5.96 Å². The normalized spacial score (nSPS) is 11.5. The van der Waals surface area contributed by atoms with E-state index in [4.69, 9.17) is 15.2 Å². The molecule has 2 aromatic rings. The number of hydrogen-bond acceptors (Lipinski definition) is 4. The van der Waals surface area contributed by atoms with Gasteiger partial charge in [0.05, 0.1) is 20.8 Å². The molecule has 3 N–H and O–H groups in total. The van der Waals surface area contributed by atoms with Gasteiger partial charge in [0.1, 0.15) is 0 Å². The Kier molecular flexibility index (Phi) is 7.29. The van der Waals surface area contributed by atoms with Crippen LogP contribution in [-0.4, -0.2) is 39.2 Å². The number of hydrogen-bond donors (Lipinski definition) is 2. The minimum absolute atomic E-state index is 0.416. The lowest BCUT2D eigenvalue weighted by Crippen LogP contribution is -2.31. The molecule has 0 heterocycles. The zero-order chi connectivity index (χ0) is 18.9. The zero-order valence-electron chi connectivity index (χ0n) is 16.0. The highest BCUT2D eigenvalue weighted by Gasteiger charge is 2.05. The van der Waals surface area contributed by atoms with Crippen molar-refractivity contribution in [2.75, 3.05) is 28.3 Å². The predicted octanol–water partition coefficient (Wildman–Crippen LogP) is 2.37. The maximum Gasteiger partial charge on any atom is 0.189 e. The lowest BCUT2D eigenvalue weighted by molar-refractivity contribution is 0.354. The van der Waals surface area contributed by atoms with E-state index in [1.165, 1.54) is 11.1 Å². The van der Waals surface area contributed by atoms with Crippen LogP contribution in [0.2, 0.25) is 0 Å². The molecule has 0 amide bonds. The van der Waals surface area contributed by atoms with Gasteiger partial charge in [0.25, 0.3) is 0 Å². The fourth-order valence-electron chi connectivity index (χ4n) is 2.62. The smallest absolute Gasteiger partial charge is 0.189 e. The lowest BCUT2D eigenvalue weighted by atomic mass is 10.1. The summed E-state index contributed by atoms with van der Waals surface area (Å²) in [5.41, 5.74) is 9.51. The van der Waals surface area contributed by atoms with Crippen molar-refractivity contribution in [1.29, 1.82) is 0 Å². The maximum absolute atomic E-state index is 6.02. The number of rotatable bonds is 8. The van der Waals surface area contributed by atoms with Crippen LogP contribution in [0.5, 0.6) is 11.5 Å². The summed E-state index contributed by atoms with van der Waals surface area (Å²) in [6, 6.07) is 14.0. The molecule has 0 fully saturated rings. The molecule has 0 unspecified atom stereocenters. The highest BCUT2D eigenvalue weighted by Crippen LogP contribution is 2.27. The van der Waals surface area contributed by atoms with Gasteiger partial charge >= 0.3 is 0 Å². The Balaban J connectivity index is 1.97. The molecule has 0 radical (unpaired) electrons. The molecule has 26 heavy (non-hydrogen) atoms. The first-order valence-electron chi connectivity index (χ1n) is 8.49. The van der Waals surface area contributed by atoms with Gasteiger partial charge in [0, 0.05) is 13.1 Å². The fourth-order valence-corrected chi connectivity index (χ4v) is 2.62. The van der Waals surface area contributed by atoms with E-state index in [1.54, 1.807) is 14.2 Å². The quantitative estimate of drug-likeness (QED) is 0.561. The second-order valence-electron chi connectivity index (χ2n) is 6.25. The van der Waals surface area contributed by atoms with E-state index in [9.17, 15) is 0 Å². The summed E-state index contributed by atoms with van der Waals surface area (Å²) >= 11 is 0. The van der Waals surface area contributed by atoms with Crippen LogP contribution in [0.15, 0.2) is 47.5 Å². The fraction of sp³-hybridized carbons (Fsp3) is 0.350. The van der Waals surface area contributed by atoms with E-state index in [2.05, 4.69) is 47.5 Å². The lowest BCUT2D eigenvalue weighted by Gasteiger charge is -2.15. The first kappa shape index (κ1) is 19.6. The Morgan fingerprint density at radius 1 is 1.04 bits per heavy atom. The Morgan fingerprint density at radius 3 is 2.38 bits per heavy atom. The minimum Gasteiger partial charge on any atom is -0.493 e. The number of methoxy groups -OCH3 is 2. The standard InChI is InChI=1S/C20H28N4O2/c1-24(2)14-17-8-6-5-7-16(17)13-23-20(21)22-12-15-9-10-18(25-3)19(11-15)26-4/h5-11H,12-14H2,1-4H3,(H3,21,22,23).